The van der Waals surface area contributed by atoms with E-state index in [0.717, 1.165) is 25.9 Å². The molecule has 1 aliphatic rings. The van der Waals surface area contributed by atoms with Crippen LogP contribution in [0.4, 0.5) is 15.9 Å². The van der Waals surface area contributed by atoms with Crippen molar-refractivity contribution in [1.82, 2.24) is 15.3 Å². The highest BCUT2D eigenvalue weighted by atomic mass is 35.5. The number of aromatic nitrogens is 2. The molecule has 2 aromatic carbocycles. The molecule has 0 spiro atoms. The van der Waals surface area contributed by atoms with Gasteiger partial charge in [0.1, 0.15) is 18.2 Å². The van der Waals surface area contributed by atoms with E-state index in [4.69, 9.17) is 21.1 Å². The standard InChI is InChI=1S/C20H20ClFN4O2.ClH/c1-27-17-9-16-13(8-18(17)28-12-4-3-7-23-10-12)20(25-11-24-16)26-15-6-2-5-14(21)19(15)22;/h2,5-6,8-9,11-12,23H,3-4,7,10H2,1H3,(H,24,25,26);1H/t12-;/m0./s1. The van der Waals surface area contributed by atoms with Gasteiger partial charge in [0.2, 0.25) is 0 Å². The lowest BCUT2D eigenvalue weighted by atomic mass is 10.1. The van der Waals surface area contributed by atoms with E-state index in [1.807, 2.05) is 6.07 Å². The average Bonchev–Trinajstić information content (AvgIpc) is 2.72. The Morgan fingerprint density at radius 1 is 1.24 bits per heavy atom. The fourth-order valence-corrected chi connectivity index (χ4v) is 3.42. The van der Waals surface area contributed by atoms with Gasteiger partial charge in [0.25, 0.3) is 0 Å². The minimum absolute atomic E-state index is 0. The van der Waals surface area contributed by atoms with Crippen LogP contribution in [-0.2, 0) is 0 Å². The van der Waals surface area contributed by atoms with E-state index < -0.39 is 5.82 Å². The summed E-state index contributed by atoms with van der Waals surface area (Å²) in [4.78, 5) is 8.58. The molecule has 1 atom stereocenters. The van der Waals surface area contributed by atoms with Crippen LogP contribution in [0.5, 0.6) is 11.5 Å². The number of hydrogen-bond donors (Lipinski definition) is 2. The molecule has 4 rings (SSSR count). The van der Waals surface area contributed by atoms with Crippen molar-refractivity contribution in [2.75, 3.05) is 25.5 Å². The van der Waals surface area contributed by atoms with Crippen LogP contribution in [0.25, 0.3) is 10.9 Å². The zero-order valence-corrected chi connectivity index (χ0v) is 17.3. The Hall–Kier alpha value is -2.35. The predicted molar refractivity (Wildman–Crippen MR) is 115 cm³/mol. The second-order valence-electron chi connectivity index (χ2n) is 6.56. The molecular weight excluding hydrogens is 418 g/mol. The minimum Gasteiger partial charge on any atom is -0.493 e. The number of nitrogens with zero attached hydrogens (tertiary/aromatic N) is 2. The molecular formula is C20H21Cl2FN4O2. The molecule has 1 saturated heterocycles. The second kappa shape index (κ2) is 9.43. The van der Waals surface area contributed by atoms with Crippen molar-refractivity contribution < 1.29 is 13.9 Å². The van der Waals surface area contributed by atoms with Crippen molar-refractivity contribution in [3.8, 4) is 11.5 Å². The first-order valence-electron chi connectivity index (χ1n) is 9.07. The number of ether oxygens (including phenoxy) is 2. The molecule has 154 valence electrons. The highest BCUT2D eigenvalue weighted by Crippen LogP contribution is 2.36. The van der Waals surface area contributed by atoms with Crippen LogP contribution in [0.15, 0.2) is 36.7 Å². The van der Waals surface area contributed by atoms with Gasteiger partial charge in [-0.3, -0.25) is 0 Å². The smallest absolute Gasteiger partial charge is 0.165 e. The van der Waals surface area contributed by atoms with Gasteiger partial charge in [0.15, 0.2) is 17.3 Å². The van der Waals surface area contributed by atoms with Gasteiger partial charge in [0.05, 0.1) is 23.3 Å². The van der Waals surface area contributed by atoms with Gasteiger partial charge >= 0.3 is 0 Å². The van der Waals surface area contributed by atoms with Crippen molar-refractivity contribution in [2.24, 2.45) is 0 Å². The first kappa shape index (κ1) is 21.4. The third-order valence-corrected chi connectivity index (χ3v) is 4.96. The molecule has 9 heteroatoms. The lowest BCUT2D eigenvalue weighted by molar-refractivity contribution is 0.161. The molecule has 0 amide bonds. The Morgan fingerprint density at radius 3 is 2.86 bits per heavy atom. The summed E-state index contributed by atoms with van der Waals surface area (Å²) in [6.45, 7) is 1.78. The Balaban J connectivity index is 0.00000240. The molecule has 1 fully saturated rings. The number of fused-ring (bicyclic) bond motifs is 1. The first-order valence-corrected chi connectivity index (χ1v) is 9.44. The van der Waals surface area contributed by atoms with Crippen LogP contribution >= 0.6 is 24.0 Å². The number of hydrogen-bond acceptors (Lipinski definition) is 6. The Kier molecular flexibility index (Phi) is 6.95. The van der Waals surface area contributed by atoms with E-state index in [9.17, 15) is 4.39 Å². The number of methoxy groups -OCH3 is 1. The molecule has 6 nitrogen and oxygen atoms in total. The van der Waals surface area contributed by atoms with Crippen molar-refractivity contribution in [1.29, 1.82) is 0 Å². The van der Waals surface area contributed by atoms with Crippen LogP contribution in [0, 0.1) is 5.82 Å². The molecule has 0 bridgehead atoms. The van der Waals surface area contributed by atoms with Crippen LogP contribution in [0.3, 0.4) is 0 Å². The maximum absolute atomic E-state index is 14.3. The fraction of sp³-hybridized carbons (Fsp3) is 0.300. The molecule has 2 N–H and O–H groups in total. The van der Waals surface area contributed by atoms with E-state index >= 15 is 0 Å². The highest BCUT2D eigenvalue weighted by Gasteiger charge is 2.19. The number of piperidine rings is 1. The largest absolute Gasteiger partial charge is 0.493 e. The summed E-state index contributed by atoms with van der Waals surface area (Å²) in [6.07, 6.45) is 3.51. The molecule has 29 heavy (non-hydrogen) atoms. The molecule has 2 heterocycles. The van der Waals surface area contributed by atoms with Crippen LogP contribution < -0.4 is 20.1 Å². The van der Waals surface area contributed by atoms with Gasteiger partial charge in [0, 0.05) is 18.0 Å². The number of anilines is 2. The van der Waals surface area contributed by atoms with Gasteiger partial charge in [-0.25, -0.2) is 14.4 Å². The summed E-state index contributed by atoms with van der Waals surface area (Å²) in [7, 11) is 1.59. The molecule has 0 radical (unpaired) electrons. The molecule has 1 aliphatic heterocycles. The molecule has 3 aromatic rings. The van der Waals surface area contributed by atoms with E-state index in [-0.39, 0.29) is 29.2 Å². The lowest BCUT2D eigenvalue weighted by Gasteiger charge is -2.25. The van der Waals surface area contributed by atoms with Crippen LogP contribution in [0.2, 0.25) is 5.02 Å². The van der Waals surface area contributed by atoms with E-state index in [2.05, 4.69) is 20.6 Å². The maximum atomic E-state index is 14.3. The van der Waals surface area contributed by atoms with Crippen molar-refractivity contribution >= 4 is 46.4 Å². The third-order valence-electron chi connectivity index (χ3n) is 4.67. The number of benzene rings is 2. The number of nitrogens with one attached hydrogen (secondary N) is 2. The molecule has 1 aromatic heterocycles. The predicted octanol–water partition coefficient (Wildman–Crippen LogP) is 4.73. The van der Waals surface area contributed by atoms with Crippen molar-refractivity contribution in [3.05, 3.63) is 47.5 Å². The Labute approximate surface area is 179 Å². The molecule has 0 aliphatic carbocycles. The summed E-state index contributed by atoms with van der Waals surface area (Å²) < 4.78 is 26.0. The lowest BCUT2D eigenvalue weighted by Crippen LogP contribution is -2.37. The summed E-state index contributed by atoms with van der Waals surface area (Å²) in [6, 6.07) is 8.39. The average molecular weight is 439 g/mol. The zero-order chi connectivity index (χ0) is 19.5. The van der Waals surface area contributed by atoms with Crippen molar-refractivity contribution in [3.63, 3.8) is 0 Å². The van der Waals surface area contributed by atoms with E-state index in [1.54, 1.807) is 25.3 Å². The third kappa shape index (κ3) is 4.63. The molecule has 0 unspecified atom stereocenters. The van der Waals surface area contributed by atoms with E-state index in [0.29, 0.717) is 28.2 Å². The fourth-order valence-electron chi connectivity index (χ4n) is 3.24. The Bertz CT molecular complexity index is 1000. The normalized spacial score (nSPS) is 16.2. The second-order valence-corrected chi connectivity index (χ2v) is 6.96. The maximum Gasteiger partial charge on any atom is 0.165 e. The quantitative estimate of drug-likeness (QED) is 0.600. The summed E-state index contributed by atoms with van der Waals surface area (Å²) in [5, 5.41) is 7.07. The summed E-state index contributed by atoms with van der Waals surface area (Å²) in [5.41, 5.74) is 0.896. The van der Waals surface area contributed by atoms with Crippen LogP contribution in [0.1, 0.15) is 12.8 Å². The number of halogens is 3. The number of rotatable bonds is 5. The molecule has 0 saturated carbocycles. The topological polar surface area (TPSA) is 68.3 Å². The van der Waals surface area contributed by atoms with Crippen LogP contribution in [-0.4, -0.2) is 36.3 Å². The van der Waals surface area contributed by atoms with Gasteiger partial charge in [-0.05, 0) is 37.6 Å². The van der Waals surface area contributed by atoms with Crippen molar-refractivity contribution in [2.45, 2.75) is 18.9 Å². The summed E-state index contributed by atoms with van der Waals surface area (Å²) >= 11 is 5.88. The monoisotopic (exact) mass is 438 g/mol. The van der Waals surface area contributed by atoms with Gasteiger partial charge < -0.3 is 20.1 Å². The Morgan fingerprint density at radius 2 is 2.10 bits per heavy atom. The van der Waals surface area contributed by atoms with Gasteiger partial charge in [-0.15, -0.1) is 12.4 Å². The summed E-state index contributed by atoms with van der Waals surface area (Å²) in [5.74, 6) is 1.12. The SMILES string of the molecule is COc1cc2ncnc(Nc3cccc(Cl)c3F)c2cc1O[C@H]1CCCNC1.Cl. The van der Waals surface area contributed by atoms with Gasteiger partial charge in [-0.2, -0.15) is 0 Å². The zero-order valence-electron chi connectivity index (χ0n) is 15.7. The minimum atomic E-state index is -0.533. The van der Waals surface area contributed by atoms with Gasteiger partial charge in [-0.1, -0.05) is 17.7 Å². The first-order chi connectivity index (χ1) is 13.7. The van der Waals surface area contributed by atoms with E-state index in [1.165, 1.54) is 12.4 Å². The highest BCUT2D eigenvalue weighted by molar-refractivity contribution is 6.31.